The van der Waals surface area contributed by atoms with E-state index in [0.29, 0.717) is 19.8 Å². The van der Waals surface area contributed by atoms with Gasteiger partial charge < -0.3 is 19.0 Å². The van der Waals surface area contributed by atoms with Gasteiger partial charge in [0.05, 0.1) is 13.2 Å². The van der Waals surface area contributed by atoms with E-state index in [9.17, 15) is 0 Å². The summed E-state index contributed by atoms with van der Waals surface area (Å²) >= 11 is 0. The maximum absolute atomic E-state index is 6.04. The topological polar surface area (TPSA) is 49.3 Å². The van der Waals surface area contributed by atoms with Gasteiger partial charge in [-0.25, -0.2) is 0 Å². The molecule has 0 N–H and O–H groups in total. The molecule has 0 unspecified atom stereocenters. The highest BCUT2D eigenvalue weighted by Crippen LogP contribution is 2.28. The van der Waals surface area contributed by atoms with Gasteiger partial charge in [-0.3, -0.25) is 0 Å². The molecule has 0 atom stereocenters. The van der Waals surface area contributed by atoms with Crippen molar-refractivity contribution in [3.05, 3.63) is 65.2 Å². The molecule has 31 heavy (non-hydrogen) atoms. The van der Waals surface area contributed by atoms with Gasteiger partial charge in [-0.05, 0) is 87.4 Å². The van der Waals surface area contributed by atoms with Crippen molar-refractivity contribution < 1.29 is 19.0 Å². The summed E-state index contributed by atoms with van der Waals surface area (Å²) in [6.45, 7) is 8.03. The van der Waals surface area contributed by atoms with E-state index < -0.39 is 0 Å². The van der Waals surface area contributed by atoms with Crippen molar-refractivity contribution in [2.24, 2.45) is 5.16 Å². The Morgan fingerprint density at radius 2 is 1.65 bits per heavy atom. The van der Waals surface area contributed by atoms with Crippen molar-refractivity contribution >= 4 is 6.21 Å². The number of aryl methyl sites for hydroxylation is 3. The van der Waals surface area contributed by atoms with E-state index >= 15 is 0 Å². The molecule has 168 valence electrons. The van der Waals surface area contributed by atoms with Gasteiger partial charge in [-0.15, -0.1) is 0 Å². The number of nitrogens with zero attached hydrogens (tertiary/aromatic N) is 1. The van der Waals surface area contributed by atoms with Crippen molar-refractivity contribution in [3.63, 3.8) is 0 Å². The van der Waals surface area contributed by atoms with Crippen LogP contribution in [0, 0.1) is 13.8 Å². The summed E-state index contributed by atoms with van der Waals surface area (Å²) in [5.41, 5.74) is 3.42. The third-order valence-corrected chi connectivity index (χ3v) is 4.71. The molecular weight excluding hydrogens is 390 g/mol. The lowest BCUT2D eigenvalue weighted by atomic mass is 10.1. The van der Waals surface area contributed by atoms with Crippen LogP contribution in [-0.2, 0) is 11.3 Å². The van der Waals surface area contributed by atoms with Crippen LogP contribution in [0.3, 0.4) is 0 Å². The van der Waals surface area contributed by atoms with Crippen LogP contribution in [-0.4, -0.2) is 33.1 Å². The van der Waals surface area contributed by atoms with E-state index in [1.165, 1.54) is 5.56 Å². The van der Waals surface area contributed by atoms with E-state index in [2.05, 4.69) is 36.0 Å². The first-order valence-corrected chi connectivity index (χ1v) is 10.9. The van der Waals surface area contributed by atoms with Crippen molar-refractivity contribution in [1.29, 1.82) is 0 Å². The number of ether oxygens (including phenoxy) is 3. The molecule has 0 aliphatic carbocycles. The van der Waals surface area contributed by atoms with Crippen molar-refractivity contribution in [1.82, 2.24) is 0 Å². The highest BCUT2D eigenvalue weighted by atomic mass is 16.6. The van der Waals surface area contributed by atoms with E-state index in [-0.39, 0.29) is 0 Å². The summed E-state index contributed by atoms with van der Waals surface area (Å²) in [6, 6.07) is 12.3. The van der Waals surface area contributed by atoms with Crippen LogP contribution in [0.25, 0.3) is 0 Å². The van der Waals surface area contributed by atoms with Gasteiger partial charge in [0.1, 0.15) is 31.0 Å². The maximum atomic E-state index is 6.04. The minimum atomic E-state index is 0.584. The number of hydrogen-bond acceptors (Lipinski definition) is 5. The second-order valence-corrected chi connectivity index (χ2v) is 7.33. The van der Waals surface area contributed by atoms with Gasteiger partial charge in [0.15, 0.2) is 0 Å². The fourth-order valence-electron chi connectivity index (χ4n) is 3.18. The zero-order valence-corrected chi connectivity index (χ0v) is 19.2. The first-order chi connectivity index (χ1) is 15.1. The molecule has 2 aromatic carbocycles. The van der Waals surface area contributed by atoms with Gasteiger partial charge in [-0.2, -0.15) is 0 Å². The quantitative estimate of drug-likeness (QED) is 0.160. The Labute approximate surface area is 186 Å². The summed E-state index contributed by atoms with van der Waals surface area (Å²) in [4.78, 5) is 4.68. The number of hydrogen-bond donors (Lipinski definition) is 0. The molecule has 0 amide bonds. The molecule has 5 heteroatoms. The van der Waals surface area contributed by atoms with E-state index in [0.717, 1.165) is 54.1 Å². The molecule has 0 fully saturated rings. The summed E-state index contributed by atoms with van der Waals surface area (Å²) in [6.07, 6.45) is 9.38. The van der Waals surface area contributed by atoms with E-state index in [4.69, 9.17) is 14.2 Å². The lowest BCUT2D eigenvalue weighted by Crippen LogP contribution is -2.05. The molecule has 5 nitrogen and oxygen atoms in total. The Morgan fingerprint density at radius 3 is 2.35 bits per heavy atom. The van der Waals surface area contributed by atoms with Gasteiger partial charge >= 0.3 is 0 Å². The van der Waals surface area contributed by atoms with Crippen LogP contribution < -0.4 is 14.2 Å². The predicted octanol–water partition coefficient (Wildman–Crippen LogP) is 6.06. The SMILES string of the molecule is C/C=C/COc1cc(C)c(OCCCCOc2cccc(CC/C=N/OC)c2)c(C)c1. The number of allylic oxidation sites excluding steroid dienone is 1. The predicted molar refractivity (Wildman–Crippen MR) is 127 cm³/mol. The zero-order chi connectivity index (χ0) is 22.3. The van der Waals surface area contributed by atoms with Crippen LogP contribution in [0.4, 0.5) is 0 Å². The molecule has 0 spiro atoms. The molecule has 0 saturated carbocycles. The average Bonchev–Trinajstić information content (AvgIpc) is 2.76. The lowest BCUT2D eigenvalue weighted by Gasteiger charge is -2.14. The Morgan fingerprint density at radius 1 is 0.903 bits per heavy atom. The van der Waals surface area contributed by atoms with E-state index in [1.807, 2.05) is 43.3 Å². The summed E-state index contributed by atoms with van der Waals surface area (Å²) in [5, 5.41) is 3.76. The zero-order valence-electron chi connectivity index (χ0n) is 19.2. The molecule has 0 bridgehead atoms. The lowest BCUT2D eigenvalue weighted by molar-refractivity contribution is 0.214. The van der Waals surface area contributed by atoms with Crippen LogP contribution in [0.2, 0.25) is 0 Å². The van der Waals surface area contributed by atoms with Crippen LogP contribution in [0.5, 0.6) is 17.2 Å². The number of oxime groups is 1. The normalized spacial score (nSPS) is 11.2. The molecule has 2 aromatic rings. The second kappa shape index (κ2) is 14.1. The highest BCUT2D eigenvalue weighted by Gasteiger charge is 2.07. The first-order valence-electron chi connectivity index (χ1n) is 10.9. The fraction of sp³-hybridized carbons (Fsp3) is 0.423. The maximum Gasteiger partial charge on any atom is 0.125 e. The van der Waals surface area contributed by atoms with Gasteiger partial charge in [-0.1, -0.05) is 29.4 Å². The molecule has 0 heterocycles. The third kappa shape index (κ3) is 9.16. The monoisotopic (exact) mass is 425 g/mol. The standard InChI is InChI=1S/C26H35NO4/c1-5-6-15-30-25-18-21(2)26(22(3)19-25)31-17-8-7-16-29-24-13-9-11-23(20-24)12-10-14-27-28-4/h5-6,9,11,13-14,18-20H,7-8,10,12,15-17H2,1-4H3/b6-5+,27-14+. The summed E-state index contributed by atoms with van der Waals surface area (Å²) < 4.78 is 17.7. The van der Waals surface area contributed by atoms with Crippen molar-refractivity contribution in [2.45, 2.75) is 46.5 Å². The minimum Gasteiger partial charge on any atom is -0.494 e. The second-order valence-electron chi connectivity index (χ2n) is 7.33. The number of unbranched alkanes of at least 4 members (excludes halogenated alkanes) is 1. The van der Waals surface area contributed by atoms with Crippen LogP contribution in [0.1, 0.15) is 42.9 Å². The Bertz CT molecular complexity index is 822. The van der Waals surface area contributed by atoms with Crippen LogP contribution >= 0.6 is 0 Å². The molecule has 0 saturated heterocycles. The van der Waals surface area contributed by atoms with E-state index in [1.54, 1.807) is 13.3 Å². The number of benzene rings is 2. The molecule has 0 aliphatic heterocycles. The van der Waals surface area contributed by atoms with Gasteiger partial charge in [0.25, 0.3) is 0 Å². The molecular formula is C26H35NO4. The molecule has 2 rings (SSSR count). The van der Waals surface area contributed by atoms with Gasteiger partial charge in [0, 0.05) is 6.21 Å². The highest BCUT2D eigenvalue weighted by molar-refractivity contribution is 5.56. The number of rotatable bonds is 14. The van der Waals surface area contributed by atoms with Crippen LogP contribution in [0.15, 0.2) is 53.7 Å². The fourth-order valence-corrected chi connectivity index (χ4v) is 3.18. The summed E-state index contributed by atoms with van der Waals surface area (Å²) in [7, 11) is 1.55. The van der Waals surface area contributed by atoms with Gasteiger partial charge in [0.2, 0.25) is 0 Å². The largest absolute Gasteiger partial charge is 0.494 e. The summed E-state index contributed by atoms with van der Waals surface area (Å²) in [5.74, 6) is 2.73. The average molecular weight is 426 g/mol. The first kappa shape index (κ1) is 24.3. The minimum absolute atomic E-state index is 0.584. The van der Waals surface area contributed by atoms with Crippen molar-refractivity contribution in [3.8, 4) is 17.2 Å². The Hall–Kier alpha value is -2.95. The Balaban J connectivity index is 1.70. The smallest absolute Gasteiger partial charge is 0.125 e. The molecule has 0 aliphatic rings. The Kier molecular flexibility index (Phi) is 11.1. The third-order valence-electron chi connectivity index (χ3n) is 4.71. The van der Waals surface area contributed by atoms with Crippen molar-refractivity contribution in [2.75, 3.05) is 26.9 Å². The molecule has 0 radical (unpaired) electrons. The molecule has 0 aromatic heterocycles.